The van der Waals surface area contributed by atoms with Crippen LogP contribution in [0, 0.1) is 0 Å². The summed E-state index contributed by atoms with van der Waals surface area (Å²) in [5.41, 5.74) is 2.07. The average Bonchev–Trinajstić information content (AvgIpc) is 3.16. The molecule has 3 aromatic rings. The third-order valence-corrected chi connectivity index (χ3v) is 5.16. The molecular weight excluding hydrogens is 386 g/mol. The van der Waals surface area contributed by atoms with Gasteiger partial charge in [-0.1, -0.05) is 30.0 Å². The Morgan fingerprint density at radius 2 is 1.97 bits per heavy atom. The van der Waals surface area contributed by atoms with E-state index in [4.69, 9.17) is 4.74 Å². The Balaban J connectivity index is 1.53. The van der Waals surface area contributed by atoms with Crippen molar-refractivity contribution in [1.29, 1.82) is 0 Å². The van der Waals surface area contributed by atoms with E-state index in [0.717, 1.165) is 29.1 Å². The summed E-state index contributed by atoms with van der Waals surface area (Å²) in [6.07, 6.45) is 5.98. The minimum atomic E-state index is -0.0397. The second-order valence-corrected chi connectivity index (χ2v) is 7.12. The molecule has 8 heteroatoms. The lowest BCUT2D eigenvalue weighted by Gasteiger charge is -2.08. The zero-order valence-electron chi connectivity index (χ0n) is 16.2. The van der Waals surface area contributed by atoms with E-state index in [-0.39, 0.29) is 11.7 Å². The number of ether oxygens (including phenoxy) is 1. The predicted molar refractivity (Wildman–Crippen MR) is 114 cm³/mol. The van der Waals surface area contributed by atoms with Crippen molar-refractivity contribution in [2.45, 2.75) is 18.1 Å². The number of nitrogens with one attached hydrogen (secondary N) is 1. The number of aromatic nitrogens is 4. The number of methoxy groups -OCH3 is 1. The van der Waals surface area contributed by atoms with Gasteiger partial charge in [-0.2, -0.15) is 0 Å². The molecule has 2 heterocycles. The molecule has 2 aromatic heterocycles. The molecular formula is C21H23N5O2S. The minimum absolute atomic E-state index is 0.0397. The van der Waals surface area contributed by atoms with Gasteiger partial charge in [0.25, 0.3) is 0 Å². The normalized spacial score (nSPS) is 10.5. The van der Waals surface area contributed by atoms with Gasteiger partial charge in [-0.25, -0.2) is 0 Å². The standard InChI is InChI=1S/C21H23N5O2S/c1-3-14-26-20(17-9-11-22-12-10-17)24-25-21(26)29-15-19(27)23-13-8-16-4-6-18(28-2)7-5-16/h3-7,9-12H,1,8,13-15H2,2H3,(H,23,27). The highest BCUT2D eigenvalue weighted by molar-refractivity contribution is 7.99. The molecule has 0 aliphatic carbocycles. The number of thioether (sulfide) groups is 1. The molecule has 0 unspecified atom stereocenters. The van der Waals surface area contributed by atoms with Crippen LogP contribution in [0.4, 0.5) is 0 Å². The van der Waals surface area contributed by atoms with Gasteiger partial charge in [0.2, 0.25) is 5.91 Å². The summed E-state index contributed by atoms with van der Waals surface area (Å²) in [6, 6.07) is 11.6. The highest BCUT2D eigenvalue weighted by Crippen LogP contribution is 2.23. The van der Waals surface area contributed by atoms with Gasteiger partial charge in [0.1, 0.15) is 5.75 Å². The van der Waals surface area contributed by atoms with E-state index in [1.807, 2.05) is 41.0 Å². The maximum atomic E-state index is 12.2. The SMILES string of the molecule is C=CCn1c(SCC(=O)NCCc2ccc(OC)cc2)nnc1-c1ccncc1. The Morgan fingerprint density at radius 3 is 2.66 bits per heavy atom. The quantitative estimate of drug-likeness (QED) is 0.409. The van der Waals surface area contributed by atoms with E-state index in [1.54, 1.807) is 25.6 Å². The van der Waals surface area contributed by atoms with Crippen LogP contribution in [0.3, 0.4) is 0 Å². The number of hydrogen-bond donors (Lipinski definition) is 1. The largest absolute Gasteiger partial charge is 0.497 e. The van der Waals surface area contributed by atoms with Crippen LogP contribution in [0.5, 0.6) is 5.75 Å². The van der Waals surface area contributed by atoms with E-state index >= 15 is 0 Å². The Hall–Kier alpha value is -3.13. The van der Waals surface area contributed by atoms with Crippen LogP contribution < -0.4 is 10.1 Å². The maximum absolute atomic E-state index is 12.2. The van der Waals surface area contributed by atoms with Gasteiger partial charge in [-0.3, -0.25) is 14.3 Å². The molecule has 29 heavy (non-hydrogen) atoms. The lowest BCUT2D eigenvalue weighted by Crippen LogP contribution is -2.27. The van der Waals surface area contributed by atoms with Gasteiger partial charge in [0, 0.05) is 31.0 Å². The Morgan fingerprint density at radius 1 is 1.21 bits per heavy atom. The van der Waals surface area contributed by atoms with Gasteiger partial charge < -0.3 is 10.1 Å². The molecule has 1 N–H and O–H groups in total. The van der Waals surface area contributed by atoms with Gasteiger partial charge in [0.15, 0.2) is 11.0 Å². The zero-order valence-corrected chi connectivity index (χ0v) is 17.1. The van der Waals surface area contributed by atoms with Gasteiger partial charge in [0.05, 0.1) is 12.9 Å². The molecule has 0 radical (unpaired) electrons. The first kappa shape index (κ1) is 20.6. The lowest BCUT2D eigenvalue weighted by molar-refractivity contribution is -0.118. The van der Waals surface area contributed by atoms with Crippen LogP contribution in [-0.4, -0.2) is 45.1 Å². The number of amides is 1. The van der Waals surface area contributed by atoms with Gasteiger partial charge in [-0.05, 0) is 36.2 Å². The summed E-state index contributed by atoms with van der Waals surface area (Å²) in [5.74, 6) is 1.79. The first-order valence-electron chi connectivity index (χ1n) is 9.18. The van der Waals surface area contributed by atoms with Crippen molar-refractivity contribution in [3.63, 3.8) is 0 Å². The van der Waals surface area contributed by atoms with E-state index < -0.39 is 0 Å². The fraction of sp³-hybridized carbons (Fsp3) is 0.238. The number of carbonyl (C=O) groups excluding carboxylic acids is 1. The number of pyridine rings is 1. The summed E-state index contributed by atoms with van der Waals surface area (Å²) in [7, 11) is 1.64. The van der Waals surface area contributed by atoms with E-state index in [0.29, 0.717) is 18.2 Å². The molecule has 0 aliphatic rings. The number of benzene rings is 1. The molecule has 0 fully saturated rings. The van der Waals surface area contributed by atoms with Crippen molar-refractivity contribution < 1.29 is 9.53 Å². The molecule has 0 spiro atoms. The third kappa shape index (κ3) is 5.68. The first-order valence-corrected chi connectivity index (χ1v) is 10.2. The zero-order chi connectivity index (χ0) is 20.5. The Kier molecular flexibility index (Phi) is 7.40. The fourth-order valence-corrected chi connectivity index (χ4v) is 3.50. The number of hydrogen-bond acceptors (Lipinski definition) is 6. The van der Waals surface area contributed by atoms with Crippen LogP contribution in [0.15, 0.2) is 66.6 Å². The molecule has 0 atom stereocenters. The van der Waals surface area contributed by atoms with Crippen LogP contribution in [-0.2, 0) is 17.8 Å². The molecule has 0 bridgehead atoms. The molecule has 0 aliphatic heterocycles. The monoisotopic (exact) mass is 409 g/mol. The van der Waals surface area contributed by atoms with Crippen molar-refractivity contribution >= 4 is 17.7 Å². The summed E-state index contributed by atoms with van der Waals surface area (Å²) in [5, 5.41) is 12.1. The van der Waals surface area contributed by atoms with Crippen LogP contribution >= 0.6 is 11.8 Å². The lowest BCUT2D eigenvalue weighted by atomic mass is 10.1. The third-order valence-electron chi connectivity index (χ3n) is 4.19. The topological polar surface area (TPSA) is 81.9 Å². The maximum Gasteiger partial charge on any atom is 0.230 e. The highest BCUT2D eigenvalue weighted by atomic mass is 32.2. The van der Waals surface area contributed by atoms with Crippen molar-refractivity contribution in [3.05, 3.63) is 67.0 Å². The second-order valence-electron chi connectivity index (χ2n) is 6.18. The molecule has 0 saturated carbocycles. The van der Waals surface area contributed by atoms with Crippen molar-refractivity contribution in [3.8, 4) is 17.1 Å². The minimum Gasteiger partial charge on any atom is -0.497 e. The van der Waals surface area contributed by atoms with E-state index in [9.17, 15) is 4.79 Å². The van der Waals surface area contributed by atoms with Crippen molar-refractivity contribution in [2.75, 3.05) is 19.4 Å². The number of carbonyl (C=O) groups is 1. The van der Waals surface area contributed by atoms with E-state index in [1.165, 1.54) is 11.8 Å². The summed E-state index contributed by atoms with van der Waals surface area (Å²) < 4.78 is 7.09. The Bertz CT molecular complexity index is 941. The van der Waals surface area contributed by atoms with Crippen LogP contribution in [0.1, 0.15) is 5.56 Å². The summed E-state index contributed by atoms with van der Waals surface area (Å²) >= 11 is 1.36. The Labute approximate surface area is 174 Å². The predicted octanol–water partition coefficient (Wildman–Crippen LogP) is 2.99. The molecule has 0 saturated heterocycles. The number of rotatable bonds is 10. The number of allylic oxidation sites excluding steroid dienone is 1. The van der Waals surface area contributed by atoms with Crippen molar-refractivity contribution in [1.82, 2.24) is 25.1 Å². The molecule has 1 aromatic carbocycles. The number of nitrogens with zero attached hydrogens (tertiary/aromatic N) is 4. The second kappa shape index (κ2) is 10.4. The molecule has 150 valence electrons. The van der Waals surface area contributed by atoms with E-state index in [2.05, 4.69) is 27.1 Å². The molecule has 3 rings (SSSR count). The smallest absolute Gasteiger partial charge is 0.230 e. The van der Waals surface area contributed by atoms with Crippen LogP contribution in [0.25, 0.3) is 11.4 Å². The summed E-state index contributed by atoms with van der Waals surface area (Å²) in [6.45, 7) is 4.94. The van der Waals surface area contributed by atoms with Crippen molar-refractivity contribution in [2.24, 2.45) is 0 Å². The highest BCUT2D eigenvalue weighted by Gasteiger charge is 2.14. The van der Waals surface area contributed by atoms with Gasteiger partial charge in [-0.15, -0.1) is 16.8 Å². The summed E-state index contributed by atoms with van der Waals surface area (Å²) in [4.78, 5) is 16.2. The molecule has 1 amide bonds. The fourth-order valence-electron chi connectivity index (χ4n) is 2.72. The molecule has 7 nitrogen and oxygen atoms in total. The van der Waals surface area contributed by atoms with Gasteiger partial charge >= 0.3 is 0 Å². The average molecular weight is 410 g/mol. The first-order chi connectivity index (χ1) is 14.2. The van der Waals surface area contributed by atoms with Crippen LogP contribution in [0.2, 0.25) is 0 Å².